The molecule has 0 aliphatic carbocycles. The van der Waals surface area contributed by atoms with Crippen LogP contribution >= 0.6 is 11.8 Å². The van der Waals surface area contributed by atoms with Crippen molar-refractivity contribution in [1.82, 2.24) is 0 Å². The van der Waals surface area contributed by atoms with Gasteiger partial charge in [-0.2, -0.15) is 0 Å². The Labute approximate surface area is 134 Å². The van der Waals surface area contributed by atoms with Crippen molar-refractivity contribution in [2.75, 3.05) is 0 Å². The summed E-state index contributed by atoms with van der Waals surface area (Å²) < 4.78 is 0. The van der Waals surface area contributed by atoms with E-state index in [1.54, 1.807) is 0 Å². The molecule has 0 fully saturated rings. The standard InChI is InChI=1S/C19H24SSi/c1-4-11-19(20-18-14-9-6-10-15-18)21(2,3)16-17-12-7-5-8-13-17/h4-15,19H,16H2,1-3H3/b11-4+. The van der Waals surface area contributed by atoms with Gasteiger partial charge in [-0.05, 0) is 25.1 Å². The van der Waals surface area contributed by atoms with Crippen molar-refractivity contribution < 1.29 is 0 Å². The predicted molar refractivity (Wildman–Crippen MR) is 98.5 cm³/mol. The molecular weight excluding hydrogens is 288 g/mol. The fourth-order valence-corrected chi connectivity index (χ4v) is 7.48. The summed E-state index contributed by atoms with van der Waals surface area (Å²) in [6.45, 7) is 7.13. The van der Waals surface area contributed by atoms with E-state index >= 15 is 0 Å². The maximum Gasteiger partial charge on any atom is 0.0713 e. The largest absolute Gasteiger partial charge is 0.122 e. The van der Waals surface area contributed by atoms with Gasteiger partial charge >= 0.3 is 0 Å². The molecule has 0 nitrogen and oxygen atoms in total. The van der Waals surface area contributed by atoms with Crippen molar-refractivity contribution in [3.8, 4) is 0 Å². The molecule has 0 spiro atoms. The normalized spacial score (nSPS) is 13.5. The molecule has 1 unspecified atom stereocenters. The monoisotopic (exact) mass is 312 g/mol. The highest BCUT2D eigenvalue weighted by molar-refractivity contribution is 8.01. The van der Waals surface area contributed by atoms with Crippen LogP contribution in [0.2, 0.25) is 13.1 Å². The molecule has 0 N–H and O–H groups in total. The van der Waals surface area contributed by atoms with E-state index in [4.69, 9.17) is 0 Å². The lowest BCUT2D eigenvalue weighted by atomic mass is 10.2. The number of benzene rings is 2. The van der Waals surface area contributed by atoms with Gasteiger partial charge in [0.25, 0.3) is 0 Å². The van der Waals surface area contributed by atoms with Crippen molar-refractivity contribution in [1.29, 1.82) is 0 Å². The van der Waals surface area contributed by atoms with Crippen molar-refractivity contribution in [3.63, 3.8) is 0 Å². The Kier molecular flexibility index (Phi) is 5.89. The minimum absolute atomic E-state index is 0.602. The lowest BCUT2D eigenvalue weighted by Crippen LogP contribution is -2.41. The fourth-order valence-electron chi connectivity index (χ4n) is 2.50. The summed E-state index contributed by atoms with van der Waals surface area (Å²) in [6, 6.07) is 22.9. The van der Waals surface area contributed by atoms with Crippen LogP contribution in [0.5, 0.6) is 0 Å². The first-order chi connectivity index (χ1) is 10.1. The van der Waals surface area contributed by atoms with Crippen LogP contribution in [-0.4, -0.2) is 12.9 Å². The van der Waals surface area contributed by atoms with E-state index in [-0.39, 0.29) is 0 Å². The van der Waals surface area contributed by atoms with Gasteiger partial charge in [0.1, 0.15) is 0 Å². The number of rotatable bonds is 6. The average molecular weight is 313 g/mol. The third-order valence-corrected chi connectivity index (χ3v) is 9.92. The van der Waals surface area contributed by atoms with Crippen molar-refractivity contribution in [2.45, 2.75) is 35.8 Å². The van der Waals surface area contributed by atoms with Gasteiger partial charge in [-0.15, -0.1) is 11.8 Å². The third-order valence-electron chi connectivity index (χ3n) is 3.65. The highest BCUT2D eigenvalue weighted by atomic mass is 32.2. The highest BCUT2D eigenvalue weighted by Gasteiger charge is 2.30. The number of allylic oxidation sites excluding steroid dienone is 1. The Hall–Kier alpha value is -1.25. The van der Waals surface area contributed by atoms with Crippen molar-refractivity contribution >= 4 is 19.8 Å². The second-order valence-corrected chi connectivity index (χ2v) is 12.6. The van der Waals surface area contributed by atoms with E-state index in [1.165, 1.54) is 16.5 Å². The van der Waals surface area contributed by atoms with Gasteiger partial charge < -0.3 is 0 Å². The van der Waals surface area contributed by atoms with E-state index in [9.17, 15) is 0 Å². The third kappa shape index (κ3) is 4.90. The summed E-state index contributed by atoms with van der Waals surface area (Å²) in [5, 5.41) is 0. The number of thioether (sulfide) groups is 1. The Morgan fingerprint density at radius 2 is 1.52 bits per heavy atom. The second kappa shape index (κ2) is 7.67. The Morgan fingerprint density at radius 1 is 0.952 bits per heavy atom. The van der Waals surface area contributed by atoms with Crippen molar-refractivity contribution in [2.24, 2.45) is 0 Å². The van der Waals surface area contributed by atoms with Gasteiger partial charge in [0.2, 0.25) is 0 Å². The Bertz CT molecular complexity index is 561. The van der Waals surface area contributed by atoms with Gasteiger partial charge in [0, 0.05) is 9.77 Å². The molecule has 0 amide bonds. The number of hydrogen-bond donors (Lipinski definition) is 0. The van der Waals surface area contributed by atoms with Gasteiger partial charge in [0.05, 0.1) is 8.07 Å². The van der Waals surface area contributed by atoms with E-state index in [0.29, 0.717) is 4.87 Å². The molecule has 0 saturated heterocycles. The van der Waals surface area contributed by atoms with E-state index in [1.807, 2.05) is 11.8 Å². The average Bonchev–Trinajstić information content (AvgIpc) is 2.48. The van der Waals surface area contributed by atoms with Gasteiger partial charge in [-0.1, -0.05) is 79.3 Å². The first-order valence-corrected chi connectivity index (χ1v) is 11.7. The van der Waals surface area contributed by atoms with E-state index in [2.05, 4.69) is 92.8 Å². The van der Waals surface area contributed by atoms with E-state index in [0.717, 1.165) is 0 Å². The first kappa shape index (κ1) is 16.1. The topological polar surface area (TPSA) is 0 Å². The second-order valence-electron chi connectivity index (χ2n) is 6.03. The lowest BCUT2D eigenvalue weighted by molar-refractivity contribution is 1.25. The summed E-state index contributed by atoms with van der Waals surface area (Å²) in [5.41, 5.74) is 1.47. The van der Waals surface area contributed by atoms with Crippen LogP contribution in [0.15, 0.2) is 77.7 Å². The smallest absolute Gasteiger partial charge is 0.0713 e. The molecule has 0 radical (unpaired) electrons. The molecule has 2 aromatic carbocycles. The molecule has 0 saturated carbocycles. The summed E-state index contributed by atoms with van der Waals surface area (Å²) in [4.78, 5) is 1.97. The SMILES string of the molecule is C/C=C/C(Sc1ccccc1)[Si](C)(C)Cc1ccccc1. The number of hydrogen-bond acceptors (Lipinski definition) is 1. The maximum atomic E-state index is 2.50. The van der Waals surface area contributed by atoms with E-state index < -0.39 is 8.07 Å². The van der Waals surface area contributed by atoms with Gasteiger partial charge in [0.15, 0.2) is 0 Å². The van der Waals surface area contributed by atoms with Crippen LogP contribution in [-0.2, 0) is 6.04 Å². The van der Waals surface area contributed by atoms with Crippen LogP contribution in [0.4, 0.5) is 0 Å². The van der Waals surface area contributed by atoms with Gasteiger partial charge in [-0.3, -0.25) is 0 Å². The Balaban J connectivity index is 2.16. The minimum atomic E-state index is -1.40. The summed E-state index contributed by atoms with van der Waals surface area (Å²) in [5.74, 6) is 0. The molecule has 2 rings (SSSR count). The zero-order valence-electron chi connectivity index (χ0n) is 13.1. The molecular formula is C19H24SSi. The molecule has 0 heterocycles. The molecule has 110 valence electrons. The van der Waals surface area contributed by atoms with Crippen LogP contribution in [0.25, 0.3) is 0 Å². The van der Waals surface area contributed by atoms with Crippen molar-refractivity contribution in [3.05, 3.63) is 78.4 Å². The lowest BCUT2D eigenvalue weighted by Gasteiger charge is -2.30. The highest BCUT2D eigenvalue weighted by Crippen LogP contribution is 2.32. The minimum Gasteiger partial charge on any atom is -0.122 e. The zero-order valence-corrected chi connectivity index (χ0v) is 14.9. The summed E-state index contributed by atoms with van der Waals surface area (Å²) >= 11 is 2.01. The molecule has 0 aliphatic rings. The van der Waals surface area contributed by atoms with Crippen LogP contribution < -0.4 is 0 Å². The maximum absolute atomic E-state index is 2.50. The molecule has 2 aromatic rings. The molecule has 1 atom stereocenters. The quantitative estimate of drug-likeness (QED) is 0.371. The first-order valence-electron chi connectivity index (χ1n) is 7.50. The molecule has 2 heteroatoms. The zero-order chi connectivity index (χ0) is 15.1. The molecule has 0 aliphatic heterocycles. The Morgan fingerprint density at radius 3 is 2.10 bits per heavy atom. The fraction of sp³-hybridized carbons (Fsp3) is 0.263. The molecule has 0 aromatic heterocycles. The molecule has 0 bridgehead atoms. The van der Waals surface area contributed by atoms with Crippen LogP contribution in [0, 0.1) is 0 Å². The van der Waals surface area contributed by atoms with Crippen LogP contribution in [0.3, 0.4) is 0 Å². The van der Waals surface area contributed by atoms with Crippen LogP contribution in [0.1, 0.15) is 12.5 Å². The van der Waals surface area contributed by atoms with Gasteiger partial charge in [-0.25, -0.2) is 0 Å². The summed E-state index contributed by atoms with van der Waals surface area (Å²) in [7, 11) is -1.40. The summed E-state index contributed by atoms with van der Waals surface area (Å²) in [6.07, 6.45) is 4.60. The molecule has 21 heavy (non-hydrogen) atoms. The predicted octanol–water partition coefficient (Wildman–Crippen LogP) is 5.75.